The molecule has 0 aliphatic carbocycles. The first-order valence-electron chi connectivity index (χ1n) is 7.46. The fraction of sp³-hybridized carbons (Fsp3) is 0.400. The number of nitrogens with one attached hydrogen (secondary N) is 1. The van der Waals surface area contributed by atoms with E-state index in [0.29, 0.717) is 13.0 Å². The third-order valence-electron chi connectivity index (χ3n) is 3.88. The van der Waals surface area contributed by atoms with Crippen LogP contribution in [0, 0.1) is 5.92 Å². The zero-order valence-corrected chi connectivity index (χ0v) is 14.0. The Balaban J connectivity index is 1.87. The topological polar surface area (TPSA) is 127 Å². The van der Waals surface area contributed by atoms with Gasteiger partial charge in [-0.1, -0.05) is 12.1 Å². The largest absolute Gasteiger partial charge is 0.355 e. The number of rotatable bonds is 6. The third-order valence-corrected chi connectivity index (χ3v) is 4.81. The van der Waals surface area contributed by atoms with Crippen molar-refractivity contribution < 1.29 is 22.8 Å². The highest BCUT2D eigenvalue weighted by atomic mass is 32.2. The second-order valence-electron chi connectivity index (χ2n) is 5.49. The number of hydrogen-bond donors (Lipinski definition) is 2. The van der Waals surface area contributed by atoms with Crippen LogP contribution in [0.2, 0.25) is 0 Å². The molecule has 0 saturated carbocycles. The Kier molecular flexibility index (Phi) is 5.35. The molecule has 1 aliphatic heterocycles. The molecule has 2 rings (SSSR count). The fourth-order valence-corrected chi connectivity index (χ4v) is 2.98. The van der Waals surface area contributed by atoms with Crippen molar-refractivity contribution in [1.29, 1.82) is 0 Å². The van der Waals surface area contributed by atoms with Crippen LogP contribution in [0.3, 0.4) is 0 Å². The van der Waals surface area contributed by atoms with E-state index >= 15 is 0 Å². The quantitative estimate of drug-likeness (QED) is 0.503. The first kappa shape index (κ1) is 18.1. The Morgan fingerprint density at radius 1 is 1.29 bits per heavy atom. The maximum absolute atomic E-state index is 12.0. The van der Waals surface area contributed by atoms with E-state index in [4.69, 9.17) is 5.14 Å². The van der Waals surface area contributed by atoms with Crippen LogP contribution in [-0.2, 0) is 30.8 Å². The molecule has 0 spiro atoms. The zero-order valence-electron chi connectivity index (χ0n) is 13.2. The second-order valence-corrected chi connectivity index (χ2v) is 7.05. The van der Waals surface area contributed by atoms with Crippen molar-refractivity contribution >= 4 is 27.6 Å². The molecule has 0 bridgehead atoms. The van der Waals surface area contributed by atoms with Gasteiger partial charge in [-0.2, -0.15) is 0 Å². The minimum absolute atomic E-state index is 0.0185. The molecule has 1 heterocycles. The molecule has 24 heavy (non-hydrogen) atoms. The normalized spacial score (nSPS) is 18.1. The molecule has 8 nitrogen and oxygen atoms in total. The Labute approximate surface area is 140 Å². The molecule has 0 radical (unpaired) electrons. The first-order chi connectivity index (χ1) is 11.2. The number of sulfonamides is 1. The summed E-state index contributed by atoms with van der Waals surface area (Å²) in [4.78, 5) is 36.8. The van der Waals surface area contributed by atoms with Crippen LogP contribution in [0.1, 0.15) is 12.5 Å². The van der Waals surface area contributed by atoms with Crippen LogP contribution in [0.4, 0.5) is 0 Å². The van der Waals surface area contributed by atoms with Gasteiger partial charge in [0.05, 0.1) is 4.90 Å². The molecule has 1 aliphatic rings. The average molecular weight is 353 g/mol. The number of Topliss-reactive ketones (excluding diaryl/α,β-unsaturated/α-hetero) is 1. The lowest BCUT2D eigenvalue weighted by Gasteiger charge is -2.12. The Hall–Kier alpha value is -2.26. The van der Waals surface area contributed by atoms with Crippen LogP contribution in [0.15, 0.2) is 29.2 Å². The van der Waals surface area contributed by atoms with Crippen molar-refractivity contribution in [2.24, 2.45) is 11.1 Å². The molecule has 0 aromatic heterocycles. The van der Waals surface area contributed by atoms with Gasteiger partial charge in [-0.3, -0.25) is 14.4 Å². The summed E-state index contributed by atoms with van der Waals surface area (Å²) < 4.78 is 22.3. The minimum atomic E-state index is -3.73. The zero-order chi connectivity index (χ0) is 17.9. The number of hydrogen-bond acceptors (Lipinski definition) is 5. The van der Waals surface area contributed by atoms with Crippen molar-refractivity contribution in [2.75, 3.05) is 19.6 Å². The number of benzene rings is 1. The lowest BCUT2D eigenvalue weighted by molar-refractivity contribution is -0.142. The number of nitrogens with two attached hydrogens (primary N) is 1. The predicted molar refractivity (Wildman–Crippen MR) is 85.3 cm³/mol. The van der Waals surface area contributed by atoms with Gasteiger partial charge in [-0.25, -0.2) is 13.6 Å². The SMILES string of the molecule is CCN1CC(C(=O)NCCc2ccc(S(N)(=O)=O)cc2)C(=O)C1=O. The van der Waals surface area contributed by atoms with Crippen molar-refractivity contribution in [3.05, 3.63) is 29.8 Å². The molecule has 1 unspecified atom stereocenters. The number of likely N-dealkylation sites (tertiary alicyclic amines) is 1. The van der Waals surface area contributed by atoms with Gasteiger partial charge >= 0.3 is 0 Å². The molecule has 3 N–H and O–H groups in total. The van der Waals surface area contributed by atoms with E-state index in [9.17, 15) is 22.8 Å². The van der Waals surface area contributed by atoms with Crippen LogP contribution in [0.25, 0.3) is 0 Å². The number of ketones is 1. The van der Waals surface area contributed by atoms with Crippen molar-refractivity contribution in [1.82, 2.24) is 10.2 Å². The van der Waals surface area contributed by atoms with Crippen LogP contribution in [0.5, 0.6) is 0 Å². The van der Waals surface area contributed by atoms with Gasteiger partial charge in [-0.15, -0.1) is 0 Å². The molecule has 1 fully saturated rings. The summed E-state index contributed by atoms with van der Waals surface area (Å²) in [6, 6.07) is 6.00. The summed E-state index contributed by atoms with van der Waals surface area (Å²) in [5.74, 6) is -2.71. The summed E-state index contributed by atoms with van der Waals surface area (Å²) in [5.41, 5.74) is 0.812. The Morgan fingerprint density at radius 3 is 2.42 bits per heavy atom. The van der Waals surface area contributed by atoms with Gasteiger partial charge in [-0.05, 0) is 31.0 Å². The van der Waals surface area contributed by atoms with Gasteiger partial charge in [0.15, 0.2) is 0 Å². The van der Waals surface area contributed by atoms with E-state index in [2.05, 4.69) is 5.32 Å². The summed E-state index contributed by atoms with van der Waals surface area (Å²) >= 11 is 0. The molecule has 1 aromatic rings. The monoisotopic (exact) mass is 353 g/mol. The van der Waals surface area contributed by atoms with Crippen LogP contribution in [-0.4, -0.2) is 50.5 Å². The molecular formula is C15H19N3O5S. The summed E-state index contributed by atoms with van der Waals surface area (Å²) in [6.45, 7) is 2.53. The van der Waals surface area contributed by atoms with Crippen molar-refractivity contribution in [3.63, 3.8) is 0 Å². The summed E-state index contributed by atoms with van der Waals surface area (Å²) in [5, 5.41) is 7.65. The molecule has 130 valence electrons. The standard InChI is InChI=1S/C15H19N3O5S/c1-2-18-9-12(13(19)15(18)21)14(20)17-8-7-10-3-5-11(6-4-10)24(16,22)23/h3-6,12H,2,7-9H2,1H3,(H,17,20)(H2,16,22,23). The summed E-state index contributed by atoms with van der Waals surface area (Å²) in [7, 11) is -3.73. The number of carbonyl (C=O) groups is 3. The fourth-order valence-electron chi connectivity index (χ4n) is 2.46. The number of amides is 2. The van der Waals surface area contributed by atoms with Gasteiger partial charge < -0.3 is 10.2 Å². The van der Waals surface area contributed by atoms with Gasteiger partial charge in [0.25, 0.3) is 5.91 Å². The maximum atomic E-state index is 12.0. The number of carbonyl (C=O) groups excluding carboxylic acids is 3. The highest BCUT2D eigenvalue weighted by molar-refractivity contribution is 7.89. The second kappa shape index (κ2) is 7.10. The van der Waals surface area contributed by atoms with E-state index in [0.717, 1.165) is 5.56 Å². The van der Waals surface area contributed by atoms with E-state index in [-0.39, 0.29) is 18.0 Å². The minimum Gasteiger partial charge on any atom is -0.355 e. The average Bonchev–Trinajstić information content (AvgIpc) is 2.82. The van der Waals surface area contributed by atoms with Gasteiger partial charge in [0, 0.05) is 19.6 Å². The molecule has 2 amide bonds. The maximum Gasteiger partial charge on any atom is 0.290 e. The molecule has 9 heteroatoms. The third kappa shape index (κ3) is 3.98. The predicted octanol–water partition coefficient (Wildman–Crippen LogP) is -0.960. The van der Waals surface area contributed by atoms with E-state index in [1.165, 1.54) is 17.0 Å². The number of likely N-dealkylation sites (N-methyl/N-ethyl adjacent to an activating group) is 1. The summed E-state index contributed by atoms with van der Waals surface area (Å²) in [6.07, 6.45) is 0.461. The van der Waals surface area contributed by atoms with E-state index in [1.54, 1.807) is 19.1 Å². The van der Waals surface area contributed by atoms with E-state index < -0.39 is 33.5 Å². The first-order valence-corrected chi connectivity index (χ1v) is 9.01. The molecule has 1 atom stereocenters. The van der Waals surface area contributed by atoms with Gasteiger partial charge in [0.2, 0.25) is 21.7 Å². The van der Waals surface area contributed by atoms with E-state index in [1.807, 2.05) is 0 Å². The molecular weight excluding hydrogens is 334 g/mol. The van der Waals surface area contributed by atoms with Gasteiger partial charge in [0.1, 0.15) is 5.92 Å². The number of primary sulfonamides is 1. The Morgan fingerprint density at radius 2 is 1.92 bits per heavy atom. The highest BCUT2D eigenvalue weighted by Gasteiger charge is 2.42. The lowest BCUT2D eigenvalue weighted by atomic mass is 10.1. The molecule has 1 saturated heterocycles. The number of nitrogens with zero attached hydrogens (tertiary/aromatic N) is 1. The molecule has 1 aromatic carbocycles. The van der Waals surface area contributed by atoms with Crippen molar-refractivity contribution in [2.45, 2.75) is 18.2 Å². The highest BCUT2D eigenvalue weighted by Crippen LogP contribution is 2.14. The lowest BCUT2D eigenvalue weighted by Crippen LogP contribution is -2.36. The van der Waals surface area contributed by atoms with Crippen LogP contribution >= 0.6 is 0 Å². The van der Waals surface area contributed by atoms with Crippen LogP contribution < -0.4 is 10.5 Å². The smallest absolute Gasteiger partial charge is 0.290 e. The van der Waals surface area contributed by atoms with Crippen molar-refractivity contribution in [3.8, 4) is 0 Å². The Bertz CT molecular complexity index is 758.